The van der Waals surface area contributed by atoms with Crippen LogP contribution in [0.2, 0.25) is 0 Å². The molecule has 1 aromatic heterocycles. The van der Waals surface area contributed by atoms with Gasteiger partial charge in [0, 0.05) is 44.0 Å². The third kappa shape index (κ3) is 4.30. The van der Waals surface area contributed by atoms with Crippen molar-refractivity contribution in [3.63, 3.8) is 0 Å². The van der Waals surface area contributed by atoms with Crippen LogP contribution in [0.25, 0.3) is 0 Å². The molecular weight excluding hydrogens is 240 g/mol. The summed E-state index contributed by atoms with van der Waals surface area (Å²) in [5.41, 5.74) is 2.51. The predicted molar refractivity (Wildman–Crippen MR) is 76.1 cm³/mol. The lowest BCUT2D eigenvalue weighted by molar-refractivity contribution is 0.0712. The fourth-order valence-electron chi connectivity index (χ4n) is 2.59. The normalized spacial score (nSPS) is 21.5. The molecule has 1 aliphatic rings. The zero-order valence-corrected chi connectivity index (χ0v) is 12.3. The molecule has 0 aromatic carbocycles. The van der Waals surface area contributed by atoms with Gasteiger partial charge in [-0.05, 0) is 19.8 Å². The van der Waals surface area contributed by atoms with Crippen molar-refractivity contribution in [2.45, 2.75) is 45.3 Å². The monoisotopic (exact) mass is 266 g/mol. The number of nitrogens with zero attached hydrogens (tertiary/aromatic N) is 2. The van der Waals surface area contributed by atoms with E-state index in [0.717, 1.165) is 39.1 Å². The molecule has 0 aliphatic carbocycles. The Kier molecular flexibility index (Phi) is 5.36. The van der Waals surface area contributed by atoms with Crippen LogP contribution >= 0.6 is 0 Å². The molecule has 1 fully saturated rings. The van der Waals surface area contributed by atoms with Crippen LogP contribution in [-0.4, -0.2) is 41.6 Å². The second-order valence-electron chi connectivity index (χ2n) is 5.37. The molecule has 5 heteroatoms. The van der Waals surface area contributed by atoms with Crippen LogP contribution in [0.15, 0.2) is 6.20 Å². The summed E-state index contributed by atoms with van der Waals surface area (Å²) in [6.07, 6.45) is 4.20. The number of rotatable bonds is 6. The van der Waals surface area contributed by atoms with E-state index in [0.29, 0.717) is 12.1 Å². The molecular formula is C14H26N4O. The van der Waals surface area contributed by atoms with E-state index in [1.54, 1.807) is 0 Å². The second-order valence-corrected chi connectivity index (χ2v) is 5.37. The van der Waals surface area contributed by atoms with Crippen molar-refractivity contribution in [3.8, 4) is 0 Å². The first-order valence-corrected chi connectivity index (χ1v) is 7.25. The van der Waals surface area contributed by atoms with E-state index in [1.165, 1.54) is 11.3 Å². The highest BCUT2D eigenvalue weighted by Gasteiger charge is 2.16. The van der Waals surface area contributed by atoms with E-state index in [9.17, 15) is 0 Å². The number of hydrogen-bond donors (Lipinski definition) is 2. The molecule has 5 nitrogen and oxygen atoms in total. The molecule has 108 valence electrons. The van der Waals surface area contributed by atoms with Crippen LogP contribution in [0.5, 0.6) is 0 Å². The van der Waals surface area contributed by atoms with E-state index < -0.39 is 0 Å². The zero-order valence-electron chi connectivity index (χ0n) is 12.3. The summed E-state index contributed by atoms with van der Waals surface area (Å²) in [7, 11) is 1.98. The minimum Gasteiger partial charge on any atom is -0.379 e. The van der Waals surface area contributed by atoms with E-state index in [4.69, 9.17) is 4.74 Å². The molecule has 1 saturated heterocycles. The molecule has 19 heavy (non-hydrogen) atoms. The molecule has 2 unspecified atom stereocenters. The highest BCUT2D eigenvalue weighted by Crippen LogP contribution is 2.08. The Labute approximate surface area is 115 Å². The van der Waals surface area contributed by atoms with Crippen molar-refractivity contribution >= 4 is 0 Å². The van der Waals surface area contributed by atoms with Crippen LogP contribution in [0.3, 0.4) is 0 Å². The van der Waals surface area contributed by atoms with Gasteiger partial charge in [0.1, 0.15) is 0 Å². The quantitative estimate of drug-likeness (QED) is 0.801. The average Bonchev–Trinajstić information content (AvgIpc) is 2.78. The Balaban J connectivity index is 1.77. The fourth-order valence-corrected chi connectivity index (χ4v) is 2.59. The maximum absolute atomic E-state index is 5.48. The Hall–Kier alpha value is -0.910. The van der Waals surface area contributed by atoms with Gasteiger partial charge in [-0.3, -0.25) is 4.68 Å². The van der Waals surface area contributed by atoms with Crippen LogP contribution < -0.4 is 10.6 Å². The molecule has 1 aliphatic heterocycles. The van der Waals surface area contributed by atoms with Gasteiger partial charge < -0.3 is 15.4 Å². The van der Waals surface area contributed by atoms with Crippen molar-refractivity contribution in [1.82, 2.24) is 20.4 Å². The van der Waals surface area contributed by atoms with Gasteiger partial charge in [-0.1, -0.05) is 6.92 Å². The maximum atomic E-state index is 5.48. The van der Waals surface area contributed by atoms with Gasteiger partial charge in [0.15, 0.2) is 0 Å². The lowest BCUT2D eigenvalue weighted by Crippen LogP contribution is -2.44. The van der Waals surface area contributed by atoms with Gasteiger partial charge in [0.2, 0.25) is 0 Å². The summed E-state index contributed by atoms with van der Waals surface area (Å²) in [5, 5.41) is 11.5. The van der Waals surface area contributed by atoms with E-state index in [1.807, 2.05) is 11.7 Å². The molecule has 0 bridgehead atoms. The molecule has 0 saturated carbocycles. The topological polar surface area (TPSA) is 51.1 Å². The highest BCUT2D eigenvalue weighted by molar-refractivity contribution is 5.16. The second kappa shape index (κ2) is 7.03. The molecule has 0 radical (unpaired) electrons. The van der Waals surface area contributed by atoms with Crippen molar-refractivity contribution in [2.75, 3.05) is 19.8 Å². The van der Waals surface area contributed by atoms with Gasteiger partial charge in [-0.15, -0.1) is 0 Å². The smallest absolute Gasteiger partial charge is 0.0666 e. The summed E-state index contributed by atoms with van der Waals surface area (Å²) < 4.78 is 7.38. The van der Waals surface area contributed by atoms with Crippen molar-refractivity contribution in [1.29, 1.82) is 0 Å². The van der Waals surface area contributed by atoms with Crippen molar-refractivity contribution < 1.29 is 4.74 Å². The first kappa shape index (κ1) is 14.5. The largest absolute Gasteiger partial charge is 0.379 e. The molecule has 2 rings (SSSR count). The van der Waals surface area contributed by atoms with Gasteiger partial charge in [-0.25, -0.2) is 0 Å². The highest BCUT2D eigenvalue weighted by atomic mass is 16.5. The molecule has 0 spiro atoms. The molecule has 2 atom stereocenters. The third-order valence-corrected chi connectivity index (χ3v) is 3.60. The first-order chi connectivity index (χ1) is 9.19. The maximum Gasteiger partial charge on any atom is 0.0666 e. The number of ether oxygens (including phenoxy) is 1. The average molecular weight is 266 g/mol. The number of nitrogens with one attached hydrogen (secondary N) is 2. The number of aromatic nitrogens is 2. The molecule has 2 heterocycles. The van der Waals surface area contributed by atoms with E-state index >= 15 is 0 Å². The van der Waals surface area contributed by atoms with Crippen LogP contribution in [0.1, 0.15) is 31.5 Å². The lowest BCUT2D eigenvalue weighted by atomic mass is 10.1. The summed E-state index contributed by atoms with van der Waals surface area (Å²) in [5.74, 6) is 0. The molecule has 1 aromatic rings. The van der Waals surface area contributed by atoms with E-state index in [-0.39, 0.29) is 0 Å². The Morgan fingerprint density at radius 1 is 1.63 bits per heavy atom. The van der Waals surface area contributed by atoms with E-state index in [2.05, 4.69) is 35.8 Å². The number of hydrogen-bond acceptors (Lipinski definition) is 4. The minimum atomic E-state index is 0.476. The Bertz CT molecular complexity index is 385. The lowest BCUT2D eigenvalue weighted by Gasteiger charge is -2.26. The minimum absolute atomic E-state index is 0.476. The number of aryl methyl sites for hydroxylation is 2. The summed E-state index contributed by atoms with van der Waals surface area (Å²) in [4.78, 5) is 0. The third-order valence-electron chi connectivity index (χ3n) is 3.60. The summed E-state index contributed by atoms with van der Waals surface area (Å²) in [6.45, 7) is 7.93. The molecule has 2 N–H and O–H groups in total. The number of morpholine rings is 1. The van der Waals surface area contributed by atoms with Gasteiger partial charge in [-0.2, -0.15) is 5.10 Å². The van der Waals surface area contributed by atoms with Gasteiger partial charge in [0.25, 0.3) is 0 Å². The van der Waals surface area contributed by atoms with Gasteiger partial charge in [0.05, 0.1) is 18.9 Å². The predicted octanol–water partition coefficient (Wildman–Crippen LogP) is 0.839. The zero-order chi connectivity index (χ0) is 13.7. The molecule has 0 amide bonds. The summed E-state index contributed by atoms with van der Waals surface area (Å²) >= 11 is 0. The van der Waals surface area contributed by atoms with Crippen LogP contribution in [0, 0.1) is 0 Å². The summed E-state index contributed by atoms with van der Waals surface area (Å²) in [6, 6.07) is 0.958. The standard InChI is InChI=1S/C14H26N4O/c1-4-14-12(9-18(3)17-14)8-16-11(2)7-13-10-19-6-5-15-13/h9,11,13,15-16H,4-8,10H2,1-3H3. The van der Waals surface area contributed by atoms with Gasteiger partial charge >= 0.3 is 0 Å². The Morgan fingerprint density at radius 2 is 2.47 bits per heavy atom. The van der Waals surface area contributed by atoms with Crippen LogP contribution in [0.4, 0.5) is 0 Å². The first-order valence-electron chi connectivity index (χ1n) is 7.25. The van der Waals surface area contributed by atoms with Crippen molar-refractivity contribution in [3.05, 3.63) is 17.5 Å². The SMILES string of the molecule is CCc1nn(C)cc1CNC(C)CC1COCCN1. The van der Waals surface area contributed by atoms with Crippen molar-refractivity contribution in [2.24, 2.45) is 7.05 Å². The Morgan fingerprint density at radius 3 is 3.16 bits per heavy atom. The van der Waals surface area contributed by atoms with Crippen LogP contribution in [-0.2, 0) is 24.8 Å². The fraction of sp³-hybridized carbons (Fsp3) is 0.786.